The highest BCUT2D eigenvalue weighted by molar-refractivity contribution is 7.09. The summed E-state index contributed by atoms with van der Waals surface area (Å²) in [5.41, 5.74) is 2.53. The van der Waals surface area contributed by atoms with E-state index in [9.17, 15) is 5.11 Å². The van der Waals surface area contributed by atoms with Gasteiger partial charge >= 0.3 is 0 Å². The van der Waals surface area contributed by atoms with Gasteiger partial charge in [0, 0.05) is 48.5 Å². The van der Waals surface area contributed by atoms with Crippen LogP contribution in [0.2, 0.25) is 5.02 Å². The summed E-state index contributed by atoms with van der Waals surface area (Å²) in [5.74, 6) is 1.55. The SMILES string of the molecule is Cc1nc(CN2CCN(c3nc(-c4ccccc4O)nc4cc(Cl)ccc34)CC2)cs1. The van der Waals surface area contributed by atoms with Crippen molar-refractivity contribution >= 4 is 39.7 Å². The molecule has 0 radical (unpaired) electrons. The van der Waals surface area contributed by atoms with Crippen LogP contribution in [0, 0.1) is 6.92 Å². The molecule has 1 saturated heterocycles. The number of hydrogen-bond donors (Lipinski definition) is 1. The van der Waals surface area contributed by atoms with Crippen LogP contribution < -0.4 is 4.90 Å². The predicted molar refractivity (Wildman–Crippen MR) is 126 cm³/mol. The molecule has 0 bridgehead atoms. The van der Waals surface area contributed by atoms with Gasteiger partial charge in [0.25, 0.3) is 0 Å². The number of phenolic OH excluding ortho intramolecular Hbond substituents is 1. The highest BCUT2D eigenvalue weighted by Crippen LogP contribution is 2.33. The number of aromatic nitrogens is 3. The molecule has 2 aromatic carbocycles. The number of aromatic hydroxyl groups is 1. The monoisotopic (exact) mass is 451 g/mol. The van der Waals surface area contributed by atoms with Crippen LogP contribution in [0.15, 0.2) is 47.8 Å². The summed E-state index contributed by atoms with van der Waals surface area (Å²) in [6.07, 6.45) is 0. The van der Waals surface area contributed by atoms with Gasteiger partial charge in [0.05, 0.1) is 21.8 Å². The van der Waals surface area contributed by atoms with Crippen molar-refractivity contribution < 1.29 is 5.11 Å². The normalized spacial score (nSPS) is 15.0. The molecule has 0 spiro atoms. The average molecular weight is 452 g/mol. The van der Waals surface area contributed by atoms with Crippen LogP contribution >= 0.6 is 22.9 Å². The maximum absolute atomic E-state index is 10.3. The zero-order valence-electron chi connectivity index (χ0n) is 17.1. The molecule has 1 N–H and O–H groups in total. The Morgan fingerprint density at radius 1 is 1.03 bits per heavy atom. The summed E-state index contributed by atoms with van der Waals surface area (Å²) < 4.78 is 0. The lowest BCUT2D eigenvalue weighted by Crippen LogP contribution is -2.46. The smallest absolute Gasteiger partial charge is 0.165 e. The summed E-state index contributed by atoms with van der Waals surface area (Å²) in [4.78, 5) is 18.9. The number of aryl methyl sites for hydroxylation is 1. The lowest BCUT2D eigenvalue weighted by molar-refractivity contribution is 0.247. The molecular weight excluding hydrogens is 430 g/mol. The first-order valence-corrected chi connectivity index (χ1v) is 11.5. The van der Waals surface area contributed by atoms with Crippen LogP contribution in [0.25, 0.3) is 22.3 Å². The van der Waals surface area contributed by atoms with Crippen LogP contribution in [0.1, 0.15) is 10.7 Å². The maximum Gasteiger partial charge on any atom is 0.165 e. The number of halogens is 1. The molecule has 0 amide bonds. The van der Waals surface area contributed by atoms with E-state index in [-0.39, 0.29) is 5.75 Å². The van der Waals surface area contributed by atoms with Crippen LogP contribution in [0.4, 0.5) is 5.82 Å². The number of fused-ring (bicyclic) bond motifs is 1. The molecule has 0 aliphatic carbocycles. The van der Waals surface area contributed by atoms with E-state index < -0.39 is 0 Å². The number of benzene rings is 2. The zero-order valence-corrected chi connectivity index (χ0v) is 18.7. The molecule has 3 heterocycles. The molecule has 1 aliphatic rings. The van der Waals surface area contributed by atoms with E-state index in [1.54, 1.807) is 23.5 Å². The van der Waals surface area contributed by atoms with Gasteiger partial charge in [-0.05, 0) is 37.3 Å². The molecule has 8 heteroatoms. The molecular formula is C23H22ClN5OS. The molecule has 6 nitrogen and oxygen atoms in total. The minimum absolute atomic E-state index is 0.165. The average Bonchev–Trinajstić information content (AvgIpc) is 3.18. The number of para-hydroxylation sites is 1. The fourth-order valence-electron chi connectivity index (χ4n) is 3.94. The molecule has 158 valence electrons. The third-order valence-corrected chi connectivity index (χ3v) is 6.57. The van der Waals surface area contributed by atoms with E-state index in [4.69, 9.17) is 21.6 Å². The topological polar surface area (TPSA) is 65.4 Å². The third kappa shape index (κ3) is 4.21. The van der Waals surface area contributed by atoms with Gasteiger partial charge in [0.2, 0.25) is 0 Å². The van der Waals surface area contributed by atoms with E-state index in [1.807, 2.05) is 37.3 Å². The van der Waals surface area contributed by atoms with Crippen LogP contribution in [0.5, 0.6) is 5.75 Å². The Hall–Kier alpha value is -2.74. The number of piperazine rings is 1. The second-order valence-corrected chi connectivity index (χ2v) is 9.17. The molecule has 0 unspecified atom stereocenters. The highest BCUT2D eigenvalue weighted by atomic mass is 35.5. The van der Waals surface area contributed by atoms with Crippen LogP contribution in [-0.2, 0) is 6.54 Å². The van der Waals surface area contributed by atoms with Crippen LogP contribution in [0.3, 0.4) is 0 Å². The van der Waals surface area contributed by atoms with E-state index in [2.05, 4.69) is 20.2 Å². The first-order chi connectivity index (χ1) is 15.1. The first-order valence-electron chi connectivity index (χ1n) is 10.2. The van der Waals surface area contributed by atoms with Crippen molar-refractivity contribution in [1.82, 2.24) is 19.9 Å². The lowest BCUT2D eigenvalue weighted by atomic mass is 10.1. The number of phenols is 1. The molecule has 31 heavy (non-hydrogen) atoms. The van der Waals surface area contributed by atoms with Crippen LogP contribution in [-0.4, -0.2) is 51.1 Å². The Labute approximate surface area is 189 Å². The summed E-state index contributed by atoms with van der Waals surface area (Å²) in [6, 6.07) is 12.9. The third-order valence-electron chi connectivity index (χ3n) is 5.51. The molecule has 1 fully saturated rings. The lowest BCUT2D eigenvalue weighted by Gasteiger charge is -2.35. The maximum atomic E-state index is 10.3. The quantitative estimate of drug-likeness (QED) is 0.483. The molecule has 5 rings (SSSR count). The molecule has 0 saturated carbocycles. The molecule has 1 aliphatic heterocycles. The van der Waals surface area contributed by atoms with Crippen molar-refractivity contribution in [2.45, 2.75) is 13.5 Å². The standard InChI is InChI=1S/C23H22ClN5OS/c1-15-25-17(14-31-15)13-28-8-10-29(11-9-28)23-18-7-6-16(24)12-20(18)26-22(27-23)19-4-2-3-5-21(19)30/h2-7,12,14,30H,8-11,13H2,1H3. The number of anilines is 1. The van der Waals surface area contributed by atoms with Crippen molar-refractivity contribution in [2.75, 3.05) is 31.1 Å². The van der Waals surface area contributed by atoms with Gasteiger partial charge in [-0.25, -0.2) is 15.0 Å². The fraction of sp³-hybridized carbons (Fsp3) is 0.261. The number of thiazole rings is 1. The Balaban J connectivity index is 1.46. The van der Waals surface area contributed by atoms with Crippen molar-refractivity contribution in [3.8, 4) is 17.1 Å². The van der Waals surface area contributed by atoms with Crippen molar-refractivity contribution in [1.29, 1.82) is 0 Å². The Morgan fingerprint density at radius 2 is 1.84 bits per heavy atom. The first kappa shape index (κ1) is 20.2. The molecule has 2 aromatic heterocycles. The van der Waals surface area contributed by atoms with Gasteiger partial charge in [-0.15, -0.1) is 11.3 Å². The van der Waals surface area contributed by atoms with Gasteiger partial charge in [0.1, 0.15) is 11.6 Å². The van der Waals surface area contributed by atoms with Gasteiger partial charge in [0.15, 0.2) is 5.82 Å². The number of rotatable bonds is 4. The van der Waals surface area contributed by atoms with E-state index >= 15 is 0 Å². The Bertz CT molecular complexity index is 1240. The van der Waals surface area contributed by atoms with Gasteiger partial charge in [-0.2, -0.15) is 0 Å². The Morgan fingerprint density at radius 3 is 2.58 bits per heavy atom. The van der Waals surface area contributed by atoms with E-state index in [0.29, 0.717) is 16.4 Å². The second-order valence-electron chi connectivity index (χ2n) is 7.67. The van der Waals surface area contributed by atoms with E-state index in [1.165, 1.54) is 0 Å². The molecule has 0 atom stereocenters. The summed E-state index contributed by atoms with van der Waals surface area (Å²) in [7, 11) is 0. The Kier molecular flexibility index (Phi) is 5.48. The minimum atomic E-state index is 0.165. The summed E-state index contributed by atoms with van der Waals surface area (Å²) in [6.45, 7) is 6.50. The number of nitrogens with zero attached hydrogens (tertiary/aromatic N) is 5. The van der Waals surface area contributed by atoms with Crippen molar-refractivity contribution in [3.63, 3.8) is 0 Å². The van der Waals surface area contributed by atoms with E-state index in [0.717, 1.165) is 60.1 Å². The minimum Gasteiger partial charge on any atom is -0.507 e. The summed E-state index contributed by atoms with van der Waals surface area (Å²) >= 11 is 7.95. The summed E-state index contributed by atoms with van der Waals surface area (Å²) in [5, 5.41) is 15.2. The number of hydrogen-bond acceptors (Lipinski definition) is 7. The highest BCUT2D eigenvalue weighted by Gasteiger charge is 2.22. The second kappa shape index (κ2) is 8.42. The van der Waals surface area contributed by atoms with Crippen molar-refractivity contribution in [3.05, 3.63) is 63.6 Å². The van der Waals surface area contributed by atoms with Gasteiger partial charge < -0.3 is 10.0 Å². The zero-order chi connectivity index (χ0) is 21.4. The van der Waals surface area contributed by atoms with Gasteiger partial charge in [-0.1, -0.05) is 23.7 Å². The molecule has 4 aromatic rings. The predicted octanol–water partition coefficient (Wildman–Crippen LogP) is 4.74. The fourth-order valence-corrected chi connectivity index (χ4v) is 4.71. The largest absolute Gasteiger partial charge is 0.507 e. The van der Waals surface area contributed by atoms with Gasteiger partial charge in [-0.3, -0.25) is 4.90 Å². The van der Waals surface area contributed by atoms with Crippen molar-refractivity contribution in [2.24, 2.45) is 0 Å².